The minimum absolute atomic E-state index is 0. The summed E-state index contributed by atoms with van der Waals surface area (Å²) in [5, 5.41) is 11.5. The summed E-state index contributed by atoms with van der Waals surface area (Å²) in [6, 6.07) is 6.46. The van der Waals surface area contributed by atoms with Crippen LogP contribution in [0.3, 0.4) is 0 Å². The maximum absolute atomic E-state index is 10.7. The van der Waals surface area contributed by atoms with Crippen LogP contribution in [0.2, 0.25) is 4.34 Å². The van der Waals surface area contributed by atoms with Crippen molar-refractivity contribution >= 4 is 53.2 Å². The predicted molar refractivity (Wildman–Crippen MR) is 90.5 cm³/mol. The van der Waals surface area contributed by atoms with Crippen molar-refractivity contribution in [2.75, 3.05) is 0 Å². The molecule has 0 bridgehead atoms. The van der Waals surface area contributed by atoms with E-state index in [1.54, 1.807) is 12.1 Å². The van der Waals surface area contributed by atoms with Crippen molar-refractivity contribution in [3.63, 3.8) is 0 Å². The molecule has 112 valence electrons. The lowest BCUT2D eigenvalue weighted by atomic mass is 10.2. The molecule has 0 N–H and O–H groups in total. The number of thiazole rings is 1. The van der Waals surface area contributed by atoms with E-state index < -0.39 is 4.92 Å². The Morgan fingerprint density at radius 1 is 1.38 bits per heavy atom. The first kappa shape index (κ1) is 17.6. The van der Waals surface area contributed by atoms with Gasteiger partial charge in [-0.1, -0.05) is 43.7 Å². The Hall–Kier alpha value is -1.43. The third-order valence-corrected chi connectivity index (χ3v) is 3.92. The molecule has 4 nitrogen and oxygen atoms in total. The Balaban J connectivity index is 0.00000220. The minimum Gasteiger partial charge on any atom is -0.258 e. The lowest BCUT2D eigenvalue weighted by Crippen LogP contribution is -1.88. The van der Waals surface area contributed by atoms with E-state index in [1.807, 2.05) is 26.0 Å². The molecule has 0 radical (unpaired) electrons. The van der Waals surface area contributed by atoms with Crippen LogP contribution in [0.25, 0.3) is 12.2 Å². The van der Waals surface area contributed by atoms with Gasteiger partial charge in [0.15, 0.2) is 0 Å². The first-order chi connectivity index (χ1) is 9.47. The highest BCUT2D eigenvalue weighted by atomic mass is 35.5. The summed E-state index contributed by atoms with van der Waals surface area (Å²) in [5.41, 5.74) is 1.72. The third kappa shape index (κ3) is 4.52. The fourth-order valence-corrected chi connectivity index (χ4v) is 3.01. The van der Waals surface area contributed by atoms with Crippen molar-refractivity contribution in [1.29, 1.82) is 0 Å². The first-order valence-electron chi connectivity index (χ1n) is 6.06. The van der Waals surface area contributed by atoms with E-state index in [0.29, 0.717) is 4.34 Å². The zero-order valence-electron chi connectivity index (χ0n) is 11.4. The average Bonchev–Trinajstić information content (AvgIpc) is 2.78. The lowest BCUT2D eigenvalue weighted by Gasteiger charge is -1.97. The summed E-state index contributed by atoms with van der Waals surface area (Å²) >= 11 is 7.53. The highest BCUT2D eigenvalue weighted by Crippen LogP contribution is 2.30. The van der Waals surface area contributed by atoms with Crippen LogP contribution in [0, 0.1) is 10.1 Å². The Kier molecular flexibility index (Phi) is 6.33. The van der Waals surface area contributed by atoms with E-state index in [1.165, 1.54) is 23.5 Å². The number of benzene rings is 1. The monoisotopic (exact) mass is 344 g/mol. The highest BCUT2D eigenvalue weighted by Gasteiger charge is 2.11. The van der Waals surface area contributed by atoms with E-state index in [2.05, 4.69) is 4.98 Å². The molecular weight excluding hydrogens is 331 g/mol. The minimum atomic E-state index is -0.408. The van der Waals surface area contributed by atoms with Gasteiger partial charge in [0, 0.05) is 12.1 Å². The Labute approximate surface area is 138 Å². The number of hydrogen-bond donors (Lipinski definition) is 0. The number of halogens is 2. The largest absolute Gasteiger partial charge is 0.270 e. The van der Waals surface area contributed by atoms with Crippen LogP contribution >= 0.6 is 35.3 Å². The molecule has 0 aliphatic heterocycles. The van der Waals surface area contributed by atoms with Crippen molar-refractivity contribution in [1.82, 2.24) is 4.98 Å². The summed E-state index contributed by atoms with van der Waals surface area (Å²) < 4.78 is 0.693. The third-order valence-electron chi connectivity index (χ3n) is 2.67. The number of hydrogen-bond acceptors (Lipinski definition) is 4. The molecule has 0 spiro atoms. The molecule has 7 heteroatoms. The van der Waals surface area contributed by atoms with Crippen molar-refractivity contribution < 1.29 is 4.92 Å². The average molecular weight is 345 g/mol. The van der Waals surface area contributed by atoms with Crippen LogP contribution in [0.1, 0.15) is 36.0 Å². The number of nitro groups is 1. The second-order valence-corrected chi connectivity index (χ2v) is 6.18. The number of nitro benzene ring substituents is 1. The van der Waals surface area contributed by atoms with Crippen molar-refractivity contribution in [2.24, 2.45) is 0 Å². The van der Waals surface area contributed by atoms with Crippen LogP contribution < -0.4 is 0 Å². The van der Waals surface area contributed by atoms with Gasteiger partial charge in [-0.3, -0.25) is 10.1 Å². The van der Waals surface area contributed by atoms with Gasteiger partial charge in [-0.05, 0) is 17.6 Å². The van der Waals surface area contributed by atoms with Gasteiger partial charge in [0.2, 0.25) is 0 Å². The van der Waals surface area contributed by atoms with Crippen molar-refractivity contribution in [3.05, 3.63) is 55.0 Å². The van der Waals surface area contributed by atoms with Gasteiger partial charge >= 0.3 is 0 Å². The highest BCUT2D eigenvalue weighted by molar-refractivity contribution is 7.16. The molecule has 0 aliphatic rings. The van der Waals surface area contributed by atoms with Gasteiger partial charge < -0.3 is 0 Å². The molecule has 0 aliphatic carbocycles. The Bertz CT molecular complexity index is 669. The Morgan fingerprint density at radius 3 is 2.67 bits per heavy atom. The number of rotatable bonds is 4. The topological polar surface area (TPSA) is 56.0 Å². The van der Waals surface area contributed by atoms with Crippen LogP contribution in [0.15, 0.2) is 24.3 Å². The molecule has 1 aromatic carbocycles. The summed E-state index contributed by atoms with van der Waals surface area (Å²) in [4.78, 5) is 14.7. The predicted octanol–water partition coefficient (Wildman–Crippen LogP) is 5.42. The Morgan fingerprint density at radius 2 is 2.10 bits per heavy atom. The molecule has 21 heavy (non-hydrogen) atoms. The summed E-state index contributed by atoms with van der Waals surface area (Å²) in [6.45, 7) is 4.07. The zero-order chi connectivity index (χ0) is 14.7. The maximum Gasteiger partial charge on any atom is 0.270 e. The molecule has 2 rings (SSSR count). The second-order valence-electron chi connectivity index (χ2n) is 4.55. The standard InChI is InChI=1S/C14H13ClN2O2S.ClH/c1-9(2)13-14(15)20-12(16-13)7-6-10-4-3-5-11(8-10)17(18)19;/h3-9H,1-2H3;1H/b7-6+;. The lowest BCUT2D eigenvalue weighted by molar-refractivity contribution is -0.384. The van der Waals surface area contributed by atoms with E-state index in [0.717, 1.165) is 16.3 Å². The van der Waals surface area contributed by atoms with Crippen molar-refractivity contribution in [3.8, 4) is 0 Å². The molecule has 0 fully saturated rings. The second kappa shape index (κ2) is 7.54. The van der Waals surface area contributed by atoms with Gasteiger partial charge in [-0.25, -0.2) is 4.98 Å². The molecule has 0 atom stereocenters. The number of nitrogens with zero attached hydrogens (tertiary/aromatic N) is 2. The van der Waals surface area contributed by atoms with Crippen LogP contribution in [-0.4, -0.2) is 9.91 Å². The molecule has 0 saturated heterocycles. The molecule has 1 aromatic heterocycles. The van der Waals surface area contributed by atoms with Crippen LogP contribution in [-0.2, 0) is 0 Å². The van der Waals surface area contributed by atoms with Crippen molar-refractivity contribution in [2.45, 2.75) is 19.8 Å². The van der Waals surface area contributed by atoms with Gasteiger partial charge in [0.05, 0.1) is 10.6 Å². The maximum atomic E-state index is 10.7. The van der Waals surface area contributed by atoms with E-state index in [9.17, 15) is 10.1 Å². The van der Waals surface area contributed by atoms with E-state index in [4.69, 9.17) is 11.6 Å². The van der Waals surface area contributed by atoms with Gasteiger partial charge in [-0.15, -0.1) is 23.7 Å². The normalized spacial score (nSPS) is 10.9. The summed E-state index contributed by atoms with van der Waals surface area (Å²) in [7, 11) is 0. The fraction of sp³-hybridized carbons (Fsp3) is 0.214. The van der Waals surface area contributed by atoms with E-state index >= 15 is 0 Å². The SMILES string of the molecule is CC(C)c1nc(/C=C/c2cccc([N+](=O)[O-])c2)sc1Cl.Cl. The molecular formula is C14H14Cl2N2O2S. The summed E-state index contributed by atoms with van der Waals surface area (Å²) in [6.07, 6.45) is 3.62. The molecule has 1 heterocycles. The van der Waals surface area contributed by atoms with E-state index in [-0.39, 0.29) is 24.0 Å². The molecule has 0 amide bonds. The number of aromatic nitrogens is 1. The van der Waals surface area contributed by atoms with Crippen LogP contribution in [0.5, 0.6) is 0 Å². The van der Waals surface area contributed by atoms with Gasteiger partial charge in [0.1, 0.15) is 9.34 Å². The van der Waals surface area contributed by atoms with Gasteiger partial charge in [-0.2, -0.15) is 0 Å². The number of non-ortho nitro benzene ring substituents is 1. The zero-order valence-corrected chi connectivity index (χ0v) is 13.8. The quantitative estimate of drug-likeness (QED) is 0.549. The first-order valence-corrected chi connectivity index (χ1v) is 7.25. The molecule has 0 unspecified atom stereocenters. The molecule has 0 saturated carbocycles. The van der Waals surface area contributed by atoms with Crippen LogP contribution in [0.4, 0.5) is 5.69 Å². The fourth-order valence-electron chi connectivity index (χ4n) is 1.67. The summed E-state index contributed by atoms with van der Waals surface area (Å²) in [5.74, 6) is 0.277. The van der Waals surface area contributed by atoms with Gasteiger partial charge in [0.25, 0.3) is 5.69 Å². The smallest absolute Gasteiger partial charge is 0.258 e. The molecule has 2 aromatic rings.